The van der Waals surface area contributed by atoms with E-state index in [0.29, 0.717) is 24.2 Å². The summed E-state index contributed by atoms with van der Waals surface area (Å²) in [6, 6.07) is 0. The van der Waals surface area contributed by atoms with E-state index >= 15 is 0 Å². The van der Waals surface area contributed by atoms with Gasteiger partial charge in [0.25, 0.3) is 5.03 Å². The molecule has 0 aliphatic heterocycles. The van der Waals surface area contributed by atoms with Crippen LogP contribution >= 0.6 is 0 Å². The average Bonchev–Trinajstić information content (AvgIpc) is 3.22. The third-order valence-electron chi connectivity index (χ3n) is 10.7. The van der Waals surface area contributed by atoms with Crippen molar-refractivity contribution in [2.45, 2.75) is 117 Å². The van der Waals surface area contributed by atoms with Crippen molar-refractivity contribution in [3.05, 3.63) is 45.5 Å². The van der Waals surface area contributed by atoms with E-state index < -0.39 is 9.84 Å². The van der Waals surface area contributed by atoms with Gasteiger partial charge in [-0.15, -0.1) is 0 Å². The van der Waals surface area contributed by atoms with Crippen LogP contribution in [0.15, 0.2) is 34.1 Å². The highest BCUT2D eigenvalue weighted by molar-refractivity contribution is 7.95. The highest BCUT2D eigenvalue weighted by Gasteiger charge is 2.57. The van der Waals surface area contributed by atoms with Gasteiger partial charge in [-0.05, 0) is 90.8 Å². The summed E-state index contributed by atoms with van der Waals surface area (Å²) >= 11 is 0. The second-order valence-electron chi connectivity index (χ2n) is 12.7. The van der Waals surface area contributed by atoms with Crippen molar-refractivity contribution < 1.29 is 13.2 Å². The lowest BCUT2D eigenvalue weighted by Crippen LogP contribution is -2.48. The summed E-state index contributed by atoms with van der Waals surface area (Å²) in [5.74, 6) is 2.90. The van der Waals surface area contributed by atoms with Crippen molar-refractivity contribution in [3.63, 3.8) is 0 Å². The van der Waals surface area contributed by atoms with Gasteiger partial charge in [-0.1, -0.05) is 71.8 Å². The van der Waals surface area contributed by atoms with Crippen LogP contribution in [0.4, 0.5) is 0 Å². The predicted molar refractivity (Wildman–Crippen MR) is 152 cm³/mol. The molecule has 0 saturated heterocycles. The molecule has 4 nitrogen and oxygen atoms in total. The molecule has 206 valence electrons. The second kappa shape index (κ2) is 11.7. The van der Waals surface area contributed by atoms with Crippen LogP contribution in [0.3, 0.4) is 0 Å². The van der Waals surface area contributed by atoms with Crippen molar-refractivity contribution in [1.82, 2.24) is 0 Å². The van der Waals surface area contributed by atoms with Gasteiger partial charge in [0.05, 0.1) is 19.4 Å². The Labute approximate surface area is 226 Å². The zero-order valence-corrected chi connectivity index (χ0v) is 24.6. The first-order valence-electron chi connectivity index (χ1n) is 15.0. The Hall–Kier alpha value is -1.54. The summed E-state index contributed by atoms with van der Waals surface area (Å²) in [6.07, 6.45) is 20.8. The third kappa shape index (κ3) is 5.47. The van der Waals surface area contributed by atoms with Crippen molar-refractivity contribution in [2.75, 3.05) is 12.9 Å². The van der Waals surface area contributed by atoms with Gasteiger partial charge in [0.15, 0.2) is 9.84 Å². The van der Waals surface area contributed by atoms with Crippen LogP contribution in [0.1, 0.15) is 117 Å². The van der Waals surface area contributed by atoms with Crippen LogP contribution in [0.5, 0.6) is 0 Å². The molecule has 0 spiro atoms. The minimum atomic E-state index is -3.52. The molecule has 0 radical (unpaired) electrons. The van der Waals surface area contributed by atoms with E-state index in [1.54, 1.807) is 7.11 Å². The number of allylic oxidation sites excluding steroid dienone is 5. The smallest absolute Gasteiger partial charge is 0.278 e. The van der Waals surface area contributed by atoms with Gasteiger partial charge in [0.1, 0.15) is 0 Å². The molecule has 2 saturated carbocycles. The molecule has 4 aliphatic carbocycles. The first-order chi connectivity index (χ1) is 17.7. The van der Waals surface area contributed by atoms with Crippen LogP contribution in [0.2, 0.25) is 0 Å². The lowest BCUT2D eigenvalue weighted by Gasteiger charge is -2.56. The second-order valence-corrected chi connectivity index (χ2v) is 14.7. The summed E-state index contributed by atoms with van der Waals surface area (Å²) in [4.78, 5) is 3.74. The quantitative estimate of drug-likeness (QED) is 0.199. The normalized spacial score (nSPS) is 34.4. The molecule has 0 heterocycles. The molecular weight excluding hydrogens is 478 g/mol. The van der Waals surface area contributed by atoms with Gasteiger partial charge in [0, 0.05) is 12.2 Å². The summed E-state index contributed by atoms with van der Waals surface area (Å²) in [5, 5.41) is 0.113. The van der Waals surface area contributed by atoms with Crippen molar-refractivity contribution in [3.8, 4) is 0 Å². The number of hydrogen-bond acceptors (Lipinski definition) is 3. The van der Waals surface area contributed by atoms with Crippen LogP contribution in [-0.4, -0.2) is 21.3 Å². The standard InChI is InChI=1S/C32H49NO3S/c1-6-7-8-9-10-11-12-13-22-37(34,35)30(33-4)29-17-16-27-26-15-14-24-23-25(36-5)18-20-31(24,2)28(26)19-21-32(27,29)3/h14,23,26-28H,6-13,15-22H2,1-3,5H3/t26-,27-,28-,31-,32-/m0/s1. The fourth-order valence-corrected chi connectivity index (χ4v) is 10.1. The molecule has 5 atom stereocenters. The van der Waals surface area contributed by atoms with Gasteiger partial charge in [0.2, 0.25) is 0 Å². The van der Waals surface area contributed by atoms with Crippen LogP contribution in [-0.2, 0) is 14.6 Å². The van der Waals surface area contributed by atoms with Crippen LogP contribution in [0, 0.1) is 35.2 Å². The zero-order chi connectivity index (χ0) is 26.7. The number of fused-ring (bicyclic) bond motifs is 5. The fraction of sp³-hybridized carbons (Fsp3) is 0.781. The van der Waals surface area contributed by atoms with Crippen molar-refractivity contribution in [1.29, 1.82) is 0 Å². The van der Waals surface area contributed by atoms with E-state index in [0.717, 1.165) is 69.1 Å². The zero-order valence-electron chi connectivity index (χ0n) is 23.8. The van der Waals surface area contributed by atoms with E-state index in [1.807, 2.05) is 0 Å². The third-order valence-corrected chi connectivity index (χ3v) is 12.5. The highest BCUT2D eigenvalue weighted by Crippen LogP contribution is 2.66. The van der Waals surface area contributed by atoms with E-state index in [-0.39, 0.29) is 21.6 Å². The Balaban J connectivity index is 1.47. The maximum absolute atomic E-state index is 13.4. The maximum Gasteiger partial charge on any atom is 0.278 e. The SMILES string of the molecule is [C-]#[N+]C(=C1CC[C@H]2[C@@H]3CC=C4C=C(OC)CC[C@]4(C)[C@H]3CC[C@]12C)S(=O)(=O)CCCCCCCCCC. The van der Waals surface area contributed by atoms with E-state index in [9.17, 15) is 8.42 Å². The average molecular weight is 528 g/mol. The molecule has 4 rings (SSSR count). The number of methoxy groups -OCH3 is 1. The summed E-state index contributed by atoms with van der Waals surface area (Å²) < 4.78 is 32.4. The number of ether oxygens (including phenoxy) is 1. The van der Waals surface area contributed by atoms with Crippen molar-refractivity contribution >= 4 is 9.84 Å². The summed E-state index contributed by atoms with van der Waals surface area (Å²) in [7, 11) is -1.75. The minimum absolute atomic E-state index is 0.113. The van der Waals surface area contributed by atoms with Gasteiger partial charge in [-0.3, -0.25) is 0 Å². The van der Waals surface area contributed by atoms with Gasteiger partial charge < -0.3 is 4.74 Å². The monoisotopic (exact) mass is 527 g/mol. The number of hydrogen-bond donors (Lipinski definition) is 0. The Morgan fingerprint density at radius 2 is 1.68 bits per heavy atom. The lowest BCUT2D eigenvalue weighted by atomic mass is 9.48. The van der Waals surface area contributed by atoms with Crippen LogP contribution < -0.4 is 0 Å². The minimum Gasteiger partial charge on any atom is -0.501 e. The number of sulfone groups is 1. The van der Waals surface area contributed by atoms with Gasteiger partial charge in [-0.2, -0.15) is 0 Å². The Morgan fingerprint density at radius 3 is 2.35 bits per heavy atom. The molecule has 4 aliphatic rings. The fourth-order valence-electron chi connectivity index (χ4n) is 8.47. The Kier molecular flexibility index (Phi) is 8.99. The van der Waals surface area contributed by atoms with E-state index in [4.69, 9.17) is 11.3 Å². The van der Waals surface area contributed by atoms with E-state index in [1.165, 1.54) is 37.7 Å². The molecule has 0 amide bonds. The maximum atomic E-state index is 13.4. The molecule has 0 unspecified atom stereocenters. The number of nitrogens with zero attached hydrogens (tertiary/aromatic N) is 1. The first-order valence-corrected chi connectivity index (χ1v) is 16.7. The predicted octanol–water partition coefficient (Wildman–Crippen LogP) is 8.78. The topological polar surface area (TPSA) is 47.7 Å². The molecule has 0 aromatic heterocycles. The molecule has 0 aromatic carbocycles. The number of unbranched alkanes of at least 4 members (excludes halogenated alkanes) is 7. The van der Waals surface area contributed by atoms with Gasteiger partial charge >= 0.3 is 0 Å². The molecule has 2 fully saturated rings. The lowest BCUT2D eigenvalue weighted by molar-refractivity contribution is -0.00837. The molecular formula is C32H49NO3S. The largest absolute Gasteiger partial charge is 0.501 e. The summed E-state index contributed by atoms with van der Waals surface area (Å²) in [6.45, 7) is 14.9. The van der Waals surface area contributed by atoms with E-state index in [2.05, 4.69) is 37.8 Å². The van der Waals surface area contributed by atoms with Crippen molar-refractivity contribution in [2.24, 2.45) is 28.6 Å². The molecule has 0 aromatic rings. The van der Waals surface area contributed by atoms with Gasteiger partial charge in [-0.25, -0.2) is 13.3 Å². The van der Waals surface area contributed by atoms with Crippen LogP contribution in [0.25, 0.3) is 4.85 Å². The molecule has 37 heavy (non-hydrogen) atoms. The molecule has 0 bridgehead atoms. The Bertz CT molecular complexity index is 1080. The molecule has 0 N–H and O–H groups in total. The molecule has 5 heteroatoms. The Morgan fingerprint density at radius 1 is 1.00 bits per heavy atom. The summed E-state index contributed by atoms with van der Waals surface area (Å²) in [5.41, 5.74) is 2.45. The number of rotatable bonds is 11. The first kappa shape index (κ1) is 28.5. The highest BCUT2D eigenvalue weighted by atomic mass is 32.2.